The van der Waals surface area contributed by atoms with Crippen molar-refractivity contribution in [2.45, 2.75) is 70.7 Å². The van der Waals surface area contributed by atoms with Crippen molar-refractivity contribution < 1.29 is 40.9 Å². The Kier molecular flexibility index (Phi) is 9.20. The summed E-state index contributed by atoms with van der Waals surface area (Å²) in [7, 11) is 0. The van der Waals surface area contributed by atoms with E-state index in [1.807, 2.05) is 0 Å². The van der Waals surface area contributed by atoms with Gasteiger partial charge in [0.15, 0.2) is 17.9 Å². The lowest BCUT2D eigenvalue weighted by atomic mass is 9.76. The largest absolute Gasteiger partial charge is 0.460 e. The maximum Gasteiger partial charge on any atom is 0.400 e. The van der Waals surface area contributed by atoms with Crippen LogP contribution in [0.2, 0.25) is 0 Å². The van der Waals surface area contributed by atoms with E-state index >= 15 is 8.78 Å². The van der Waals surface area contributed by atoms with Crippen LogP contribution in [0, 0.1) is 41.2 Å². The van der Waals surface area contributed by atoms with Gasteiger partial charge in [0, 0.05) is 23.5 Å². The predicted octanol–water partition coefficient (Wildman–Crippen LogP) is 8.53. The number of ether oxygens (including phenoxy) is 4. The lowest BCUT2D eigenvalue weighted by molar-refractivity contribution is -0.251. The van der Waals surface area contributed by atoms with E-state index < -0.39 is 30.5 Å². The summed E-state index contributed by atoms with van der Waals surface area (Å²) in [6.07, 6.45) is 2.71. The van der Waals surface area contributed by atoms with Gasteiger partial charge in [-0.3, -0.25) is 0 Å². The molecular formula is C31H37F5O4. The zero-order valence-electron chi connectivity index (χ0n) is 22.7. The highest BCUT2D eigenvalue weighted by Crippen LogP contribution is 2.43. The second-order valence-corrected chi connectivity index (χ2v) is 11.6. The minimum Gasteiger partial charge on any atom is -0.460 e. The monoisotopic (exact) mass is 568 g/mol. The maximum atomic E-state index is 15.1. The molecule has 1 heterocycles. The van der Waals surface area contributed by atoms with Gasteiger partial charge in [0.1, 0.15) is 11.6 Å². The molecule has 0 aromatic heterocycles. The van der Waals surface area contributed by atoms with Gasteiger partial charge in [-0.1, -0.05) is 25.8 Å². The average molecular weight is 569 g/mol. The van der Waals surface area contributed by atoms with Crippen molar-refractivity contribution in [3.8, 4) is 22.6 Å². The molecule has 1 aliphatic heterocycles. The molecular weight excluding hydrogens is 531 g/mol. The van der Waals surface area contributed by atoms with Gasteiger partial charge in [-0.15, -0.1) is 0 Å². The van der Waals surface area contributed by atoms with E-state index in [-0.39, 0.29) is 47.7 Å². The molecule has 0 spiro atoms. The SMILES string of the molecule is CC1CCC(C2COC(C3CCC(C(F)(F)Oc4ccc(-c5ccc(OCF)c(F)c5)c(F)c4)CC3)OC2)CC1. The lowest BCUT2D eigenvalue weighted by Gasteiger charge is -2.41. The summed E-state index contributed by atoms with van der Waals surface area (Å²) >= 11 is 0. The summed E-state index contributed by atoms with van der Waals surface area (Å²) in [4.78, 5) is 0. The van der Waals surface area contributed by atoms with E-state index in [2.05, 4.69) is 11.7 Å². The molecule has 0 unspecified atom stereocenters. The van der Waals surface area contributed by atoms with Crippen LogP contribution in [-0.2, 0) is 9.47 Å². The Bertz CT molecular complexity index is 1120. The summed E-state index contributed by atoms with van der Waals surface area (Å²) in [6, 6.07) is 6.88. The third-order valence-corrected chi connectivity index (χ3v) is 8.96. The van der Waals surface area contributed by atoms with Gasteiger partial charge in [-0.2, -0.15) is 8.78 Å². The molecule has 2 aromatic rings. The van der Waals surface area contributed by atoms with Gasteiger partial charge >= 0.3 is 6.11 Å². The molecule has 3 fully saturated rings. The van der Waals surface area contributed by atoms with E-state index in [0.29, 0.717) is 37.9 Å². The van der Waals surface area contributed by atoms with E-state index in [1.54, 1.807) is 0 Å². The quantitative estimate of drug-likeness (QED) is 0.299. The van der Waals surface area contributed by atoms with Crippen LogP contribution >= 0.6 is 0 Å². The molecule has 1 saturated heterocycles. The molecule has 2 saturated carbocycles. The van der Waals surface area contributed by atoms with Crippen LogP contribution in [0.25, 0.3) is 11.1 Å². The van der Waals surface area contributed by atoms with Crippen molar-refractivity contribution in [2.24, 2.45) is 29.6 Å². The Hall–Kier alpha value is -2.39. The van der Waals surface area contributed by atoms with Crippen molar-refractivity contribution >= 4 is 0 Å². The van der Waals surface area contributed by atoms with Crippen molar-refractivity contribution in [1.82, 2.24) is 0 Å². The number of rotatable bonds is 8. The first-order chi connectivity index (χ1) is 19.2. The number of halogens is 5. The molecule has 0 radical (unpaired) electrons. The van der Waals surface area contributed by atoms with Crippen LogP contribution in [0.15, 0.2) is 36.4 Å². The van der Waals surface area contributed by atoms with Crippen molar-refractivity contribution in [2.75, 3.05) is 20.1 Å². The average Bonchev–Trinajstić information content (AvgIpc) is 2.95. The van der Waals surface area contributed by atoms with Gasteiger partial charge < -0.3 is 18.9 Å². The van der Waals surface area contributed by atoms with Crippen molar-refractivity contribution in [3.63, 3.8) is 0 Å². The molecule has 0 N–H and O–H groups in total. The second-order valence-electron chi connectivity index (χ2n) is 11.6. The molecule has 4 nitrogen and oxygen atoms in total. The zero-order chi connectivity index (χ0) is 28.3. The van der Waals surface area contributed by atoms with Crippen LogP contribution in [0.5, 0.6) is 11.5 Å². The Balaban J connectivity index is 1.12. The highest BCUT2D eigenvalue weighted by molar-refractivity contribution is 5.66. The second kappa shape index (κ2) is 12.6. The molecule has 2 aromatic carbocycles. The minimum absolute atomic E-state index is 0.00496. The maximum absolute atomic E-state index is 15.1. The van der Waals surface area contributed by atoms with Gasteiger partial charge in [-0.05, 0) is 80.2 Å². The standard InChI is InChI=1S/C31H37F5O4/c1-19-2-4-20(5-3-19)23-16-37-30(38-17-23)21-6-9-24(10-7-21)31(35,36)40-25-11-12-26(27(33)15-25)22-8-13-29(39-18-32)28(34)14-22/h8,11-15,19-21,23-24,30H,2-7,9-10,16-18H2,1H3. The summed E-state index contributed by atoms with van der Waals surface area (Å²) in [5, 5.41) is 0. The first-order valence-electron chi connectivity index (χ1n) is 14.3. The third-order valence-electron chi connectivity index (χ3n) is 8.96. The Morgan fingerprint density at radius 2 is 1.48 bits per heavy atom. The minimum atomic E-state index is -3.48. The highest BCUT2D eigenvalue weighted by Gasteiger charge is 2.46. The molecule has 220 valence electrons. The molecule has 5 rings (SSSR count). The fraction of sp³-hybridized carbons (Fsp3) is 0.613. The van der Waals surface area contributed by atoms with Crippen molar-refractivity contribution in [3.05, 3.63) is 48.0 Å². The highest BCUT2D eigenvalue weighted by atomic mass is 19.3. The fourth-order valence-corrected chi connectivity index (χ4v) is 6.44. The Labute approximate surface area is 232 Å². The molecule has 40 heavy (non-hydrogen) atoms. The van der Waals surface area contributed by atoms with Gasteiger partial charge in [-0.25, -0.2) is 13.2 Å². The zero-order valence-corrected chi connectivity index (χ0v) is 22.7. The molecule has 2 aliphatic carbocycles. The number of benzene rings is 2. The smallest absolute Gasteiger partial charge is 0.400 e. The van der Waals surface area contributed by atoms with E-state index in [0.717, 1.165) is 18.1 Å². The van der Waals surface area contributed by atoms with Gasteiger partial charge in [0.25, 0.3) is 0 Å². The van der Waals surface area contributed by atoms with E-state index in [9.17, 15) is 13.2 Å². The van der Waals surface area contributed by atoms with E-state index in [1.165, 1.54) is 49.9 Å². The number of hydrogen-bond donors (Lipinski definition) is 0. The topological polar surface area (TPSA) is 36.9 Å². The summed E-state index contributed by atoms with van der Waals surface area (Å²) < 4.78 is 93.0. The first kappa shape index (κ1) is 29.1. The Morgan fingerprint density at radius 1 is 0.800 bits per heavy atom. The van der Waals surface area contributed by atoms with Crippen LogP contribution in [-0.4, -0.2) is 32.5 Å². The normalized spacial score (nSPS) is 29.6. The lowest BCUT2D eigenvalue weighted by Crippen LogP contribution is -2.43. The molecule has 0 atom stereocenters. The predicted molar refractivity (Wildman–Crippen MR) is 140 cm³/mol. The number of alkyl halides is 3. The summed E-state index contributed by atoms with van der Waals surface area (Å²) in [5.74, 6) is -1.41. The third kappa shape index (κ3) is 6.73. The summed E-state index contributed by atoms with van der Waals surface area (Å²) in [6.45, 7) is 2.45. The van der Waals surface area contributed by atoms with Gasteiger partial charge in [0.2, 0.25) is 6.86 Å². The molecule has 0 amide bonds. The van der Waals surface area contributed by atoms with Crippen LogP contribution in [0.4, 0.5) is 22.0 Å². The van der Waals surface area contributed by atoms with Crippen LogP contribution < -0.4 is 9.47 Å². The van der Waals surface area contributed by atoms with Gasteiger partial charge in [0.05, 0.1) is 19.1 Å². The Morgan fingerprint density at radius 3 is 2.10 bits per heavy atom. The molecule has 3 aliphatic rings. The van der Waals surface area contributed by atoms with E-state index in [4.69, 9.17) is 14.2 Å². The molecule has 0 bridgehead atoms. The summed E-state index contributed by atoms with van der Waals surface area (Å²) in [5.41, 5.74) is 0.152. The van der Waals surface area contributed by atoms with Crippen LogP contribution in [0.3, 0.4) is 0 Å². The number of hydrogen-bond acceptors (Lipinski definition) is 4. The first-order valence-corrected chi connectivity index (χ1v) is 14.3. The van der Waals surface area contributed by atoms with Crippen LogP contribution in [0.1, 0.15) is 58.3 Å². The molecule has 9 heteroatoms. The fourth-order valence-electron chi connectivity index (χ4n) is 6.44. The van der Waals surface area contributed by atoms with Crippen molar-refractivity contribution in [1.29, 1.82) is 0 Å².